The number of amides is 2. The maximum atomic E-state index is 13.3. The third-order valence-electron chi connectivity index (χ3n) is 6.33. The lowest BCUT2D eigenvalue weighted by Crippen LogP contribution is -2.58. The summed E-state index contributed by atoms with van der Waals surface area (Å²) in [5.74, 6) is -0.490. The maximum Gasteiger partial charge on any atom is 0.328 e. The number of hydrogen-bond donors (Lipinski definition) is 1. The molecule has 7 nitrogen and oxygen atoms in total. The zero-order valence-corrected chi connectivity index (χ0v) is 17.2. The number of rotatable bonds is 6. The Kier molecular flexibility index (Phi) is 5.04. The Morgan fingerprint density at radius 1 is 1.22 bits per heavy atom. The standard InChI is InChI=1S/C20H32N2O5/c1-19(2,3)16(21-13(23)10-27-11-7-8-11)17(24)22-9-12-14(20(12,4)5)15(22)18(25)26-6/h11-12,14-16H,7-10H2,1-6H3,(H,21,23)/t12-,14-,15-,16+/m0/s1. The quantitative estimate of drug-likeness (QED) is 0.703. The predicted octanol–water partition coefficient (Wildman–Crippen LogP) is 1.35. The molecule has 1 heterocycles. The van der Waals surface area contributed by atoms with Crippen LogP contribution in [0.4, 0.5) is 0 Å². The van der Waals surface area contributed by atoms with Crippen LogP contribution in [0.15, 0.2) is 0 Å². The molecule has 0 aromatic heterocycles. The van der Waals surface area contributed by atoms with Gasteiger partial charge < -0.3 is 19.7 Å². The number of fused-ring (bicyclic) bond motifs is 1. The van der Waals surface area contributed by atoms with Crippen LogP contribution in [0, 0.1) is 22.7 Å². The van der Waals surface area contributed by atoms with Crippen LogP contribution in [0.1, 0.15) is 47.5 Å². The van der Waals surface area contributed by atoms with Crippen LogP contribution in [0.25, 0.3) is 0 Å². The van der Waals surface area contributed by atoms with Crippen molar-refractivity contribution in [3.8, 4) is 0 Å². The second-order valence-electron chi connectivity index (χ2n) is 9.79. The number of piperidine rings is 1. The average molecular weight is 380 g/mol. The minimum Gasteiger partial charge on any atom is -0.467 e. The maximum absolute atomic E-state index is 13.3. The first-order chi connectivity index (χ1) is 12.5. The van der Waals surface area contributed by atoms with Gasteiger partial charge in [-0.05, 0) is 29.6 Å². The SMILES string of the molecule is COC(=O)[C@@H]1[C@@H]2[C@H](CN1C(=O)[C@@H](NC(=O)COC1CC1)C(C)(C)C)C2(C)C. The lowest BCUT2D eigenvalue weighted by molar-refractivity contribution is -0.155. The fourth-order valence-electron chi connectivity index (χ4n) is 4.35. The van der Waals surface area contributed by atoms with Gasteiger partial charge in [-0.15, -0.1) is 0 Å². The first kappa shape index (κ1) is 20.1. The number of nitrogens with one attached hydrogen (secondary N) is 1. The predicted molar refractivity (Wildman–Crippen MR) is 98.6 cm³/mol. The molecule has 2 aliphatic carbocycles. The Bertz CT molecular complexity index is 635. The zero-order chi connectivity index (χ0) is 20.1. The van der Waals surface area contributed by atoms with E-state index in [2.05, 4.69) is 19.2 Å². The van der Waals surface area contributed by atoms with E-state index >= 15 is 0 Å². The Morgan fingerprint density at radius 3 is 2.37 bits per heavy atom. The molecular weight excluding hydrogens is 348 g/mol. The molecule has 7 heteroatoms. The highest BCUT2D eigenvalue weighted by Crippen LogP contribution is 2.65. The molecule has 2 saturated carbocycles. The lowest BCUT2D eigenvalue weighted by Gasteiger charge is -2.37. The van der Waals surface area contributed by atoms with Crippen LogP contribution in [0.5, 0.6) is 0 Å². The lowest BCUT2D eigenvalue weighted by atomic mass is 9.85. The molecule has 152 valence electrons. The molecule has 2 amide bonds. The van der Waals surface area contributed by atoms with Crippen LogP contribution in [-0.2, 0) is 23.9 Å². The highest BCUT2D eigenvalue weighted by Gasteiger charge is 2.70. The summed E-state index contributed by atoms with van der Waals surface area (Å²) in [7, 11) is 1.35. The van der Waals surface area contributed by atoms with E-state index < -0.39 is 17.5 Å². The number of ether oxygens (including phenoxy) is 2. The fraction of sp³-hybridized carbons (Fsp3) is 0.850. The van der Waals surface area contributed by atoms with Gasteiger partial charge in [-0.25, -0.2) is 4.79 Å². The third-order valence-corrected chi connectivity index (χ3v) is 6.33. The molecule has 0 aromatic carbocycles. The summed E-state index contributed by atoms with van der Waals surface area (Å²) < 4.78 is 10.4. The van der Waals surface area contributed by atoms with Gasteiger partial charge in [0.25, 0.3) is 0 Å². The van der Waals surface area contributed by atoms with Crippen LogP contribution in [0.3, 0.4) is 0 Å². The molecule has 3 fully saturated rings. The van der Waals surface area contributed by atoms with Crippen molar-refractivity contribution in [1.29, 1.82) is 0 Å². The summed E-state index contributed by atoms with van der Waals surface area (Å²) in [4.78, 5) is 39.7. The van der Waals surface area contributed by atoms with Crippen LogP contribution in [0.2, 0.25) is 0 Å². The normalized spacial score (nSPS) is 29.7. The molecule has 3 rings (SSSR count). The van der Waals surface area contributed by atoms with Gasteiger partial charge in [-0.1, -0.05) is 34.6 Å². The largest absolute Gasteiger partial charge is 0.467 e. The highest BCUT2D eigenvalue weighted by atomic mass is 16.5. The molecule has 1 aliphatic heterocycles. The molecule has 0 radical (unpaired) electrons. The van der Waals surface area contributed by atoms with Gasteiger partial charge in [-0.2, -0.15) is 0 Å². The summed E-state index contributed by atoms with van der Waals surface area (Å²) in [5, 5.41) is 2.84. The van der Waals surface area contributed by atoms with E-state index in [1.165, 1.54) is 7.11 Å². The van der Waals surface area contributed by atoms with E-state index in [0.717, 1.165) is 12.8 Å². The van der Waals surface area contributed by atoms with Gasteiger partial charge in [0.15, 0.2) is 0 Å². The van der Waals surface area contributed by atoms with E-state index in [-0.39, 0.29) is 41.8 Å². The molecule has 0 spiro atoms. The van der Waals surface area contributed by atoms with Crippen LogP contribution >= 0.6 is 0 Å². The number of nitrogens with zero attached hydrogens (tertiary/aromatic N) is 1. The molecule has 1 saturated heterocycles. The minimum absolute atomic E-state index is 0.0359. The van der Waals surface area contributed by atoms with Crippen molar-refractivity contribution < 1.29 is 23.9 Å². The monoisotopic (exact) mass is 380 g/mol. The van der Waals surface area contributed by atoms with E-state index in [0.29, 0.717) is 12.5 Å². The molecule has 1 N–H and O–H groups in total. The van der Waals surface area contributed by atoms with Gasteiger partial charge in [0.1, 0.15) is 18.7 Å². The smallest absolute Gasteiger partial charge is 0.328 e. The molecule has 27 heavy (non-hydrogen) atoms. The van der Waals surface area contributed by atoms with Crippen molar-refractivity contribution in [3.63, 3.8) is 0 Å². The number of methoxy groups -OCH3 is 1. The third kappa shape index (κ3) is 3.84. The second-order valence-corrected chi connectivity index (χ2v) is 9.79. The summed E-state index contributed by atoms with van der Waals surface area (Å²) >= 11 is 0. The average Bonchev–Trinajstić information content (AvgIpc) is 3.43. The summed E-state index contributed by atoms with van der Waals surface area (Å²) in [6.07, 6.45) is 2.15. The van der Waals surface area contributed by atoms with E-state index in [4.69, 9.17) is 9.47 Å². The summed E-state index contributed by atoms with van der Waals surface area (Å²) in [5.41, 5.74) is -0.455. The number of likely N-dealkylation sites (tertiary alicyclic amines) is 1. The number of carbonyl (C=O) groups is 3. The Morgan fingerprint density at radius 2 is 1.85 bits per heavy atom. The van der Waals surface area contributed by atoms with Crippen LogP contribution < -0.4 is 5.32 Å². The van der Waals surface area contributed by atoms with Gasteiger partial charge in [0.05, 0.1) is 13.2 Å². The summed E-state index contributed by atoms with van der Waals surface area (Å²) in [6.45, 7) is 10.5. The second kappa shape index (κ2) is 6.76. The van der Waals surface area contributed by atoms with Crippen molar-refractivity contribution in [2.24, 2.45) is 22.7 Å². The molecule has 0 bridgehead atoms. The van der Waals surface area contributed by atoms with E-state index in [1.807, 2.05) is 20.8 Å². The topological polar surface area (TPSA) is 84.9 Å². The molecule has 3 aliphatic rings. The van der Waals surface area contributed by atoms with E-state index in [1.54, 1.807) is 4.90 Å². The number of carbonyl (C=O) groups excluding carboxylic acids is 3. The molecule has 0 aromatic rings. The Balaban J connectivity index is 1.73. The van der Waals surface area contributed by atoms with Gasteiger partial charge in [0.2, 0.25) is 11.8 Å². The van der Waals surface area contributed by atoms with Gasteiger partial charge in [0, 0.05) is 12.5 Å². The van der Waals surface area contributed by atoms with Crippen molar-refractivity contribution in [2.75, 3.05) is 20.3 Å². The first-order valence-electron chi connectivity index (χ1n) is 9.77. The van der Waals surface area contributed by atoms with Crippen molar-refractivity contribution in [3.05, 3.63) is 0 Å². The molecule has 0 unspecified atom stereocenters. The van der Waals surface area contributed by atoms with Gasteiger partial charge in [-0.3, -0.25) is 9.59 Å². The van der Waals surface area contributed by atoms with Crippen molar-refractivity contribution >= 4 is 17.8 Å². The molecule has 4 atom stereocenters. The van der Waals surface area contributed by atoms with E-state index in [9.17, 15) is 14.4 Å². The first-order valence-corrected chi connectivity index (χ1v) is 9.77. The van der Waals surface area contributed by atoms with Crippen molar-refractivity contribution in [1.82, 2.24) is 10.2 Å². The fourth-order valence-corrected chi connectivity index (χ4v) is 4.35. The Labute approximate surface area is 161 Å². The molecular formula is C20H32N2O5. The summed E-state index contributed by atoms with van der Waals surface area (Å²) in [6, 6.07) is -1.30. The van der Waals surface area contributed by atoms with Gasteiger partial charge >= 0.3 is 5.97 Å². The van der Waals surface area contributed by atoms with Crippen LogP contribution in [-0.4, -0.2) is 61.1 Å². The number of esters is 1. The minimum atomic E-state index is -0.722. The van der Waals surface area contributed by atoms with Crippen molar-refractivity contribution in [2.45, 2.75) is 65.6 Å². The highest BCUT2D eigenvalue weighted by molar-refractivity contribution is 5.92. The Hall–Kier alpha value is -1.63. The number of hydrogen-bond acceptors (Lipinski definition) is 5. The zero-order valence-electron chi connectivity index (χ0n) is 17.2.